The highest BCUT2D eigenvalue weighted by molar-refractivity contribution is 5.69. The second-order valence-corrected chi connectivity index (χ2v) is 6.51. The summed E-state index contributed by atoms with van der Waals surface area (Å²) in [6.45, 7) is 4.78. The van der Waals surface area contributed by atoms with Crippen LogP contribution in [-0.4, -0.2) is 20.1 Å². The zero-order valence-electron chi connectivity index (χ0n) is 12.2. The lowest BCUT2D eigenvalue weighted by Crippen LogP contribution is -2.32. The Labute approximate surface area is 111 Å². The molecule has 0 saturated heterocycles. The van der Waals surface area contributed by atoms with E-state index >= 15 is 0 Å². The molecule has 0 bridgehead atoms. The number of nitrogens with one attached hydrogen (secondary N) is 1. The van der Waals surface area contributed by atoms with Gasteiger partial charge >= 0.3 is 0 Å². The van der Waals surface area contributed by atoms with Crippen LogP contribution < -0.4 is 10.2 Å². The third-order valence-corrected chi connectivity index (χ3v) is 3.95. The van der Waals surface area contributed by atoms with Gasteiger partial charge in [-0.1, -0.05) is 32.4 Å². The van der Waals surface area contributed by atoms with Crippen LogP contribution in [-0.2, 0) is 0 Å². The lowest BCUT2D eigenvalue weighted by molar-refractivity contribution is 0.229. The summed E-state index contributed by atoms with van der Waals surface area (Å²) in [7, 11) is 4.21. The predicted octanol–water partition coefficient (Wildman–Crippen LogP) is 4.13. The van der Waals surface area contributed by atoms with Gasteiger partial charge in [0, 0.05) is 20.1 Å². The number of para-hydroxylation sites is 2. The molecule has 0 heterocycles. The lowest BCUT2D eigenvalue weighted by Gasteiger charge is -2.36. The van der Waals surface area contributed by atoms with E-state index in [-0.39, 0.29) is 0 Å². The van der Waals surface area contributed by atoms with Gasteiger partial charge in [0.15, 0.2) is 0 Å². The van der Waals surface area contributed by atoms with Crippen LogP contribution >= 0.6 is 0 Å². The largest absolute Gasteiger partial charge is 0.381 e. The minimum absolute atomic E-state index is 0.489. The van der Waals surface area contributed by atoms with E-state index in [1.54, 1.807) is 0 Å². The summed E-state index contributed by atoms with van der Waals surface area (Å²) in [5.74, 6) is 0. The van der Waals surface area contributed by atoms with E-state index in [1.165, 1.54) is 37.1 Å². The van der Waals surface area contributed by atoms with Crippen LogP contribution in [0, 0.1) is 5.41 Å². The Bertz CT molecular complexity index is 396. The maximum Gasteiger partial charge on any atom is 0.0596 e. The van der Waals surface area contributed by atoms with Gasteiger partial charge in [0.2, 0.25) is 0 Å². The first-order chi connectivity index (χ1) is 8.48. The minimum Gasteiger partial charge on any atom is -0.381 e. The maximum atomic E-state index is 3.74. The monoisotopic (exact) mass is 246 g/mol. The Morgan fingerprint density at radius 1 is 1.22 bits per heavy atom. The number of benzene rings is 1. The number of hydrogen-bond acceptors (Lipinski definition) is 2. The Morgan fingerprint density at radius 3 is 2.61 bits per heavy atom. The summed E-state index contributed by atoms with van der Waals surface area (Å²) in [6, 6.07) is 9.21. The molecule has 0 radical (unpaired) electrons. The molecule has 1 N–H and O–H groups in total. The molecule has 1 aromatic rings. The van der Waals surface area contributed by atoms with E-state index in [0.717, 1.165) is 0 Å². The quantitative estimate of drug-likeness (QED) is 0.862. The van der Waals surface area contributed by atoms with Crippen molar-refractivity contribution >= 4 is 11.4 Å². The Morgan fingerprint density at radius 2 is 1.94 bits per heavy atom. The smallest absolute Gasteiger partial charge is 0.0596 e. The topological polar surface area (TPSA) is 15.3 Å². The van der Waals surface area contributed by atoms with Gasteiger partial charge in [-0.15, -0.1) is 0 Å². The van der Waals surface area contributed by atoms with E-state index in [9.17, 15) is 0 Å². The van der Waals surface area contributed by atoms with Crippen LogP contribution in [0.2, 0.25) is 0 Å². The van der Waals surface area contributed by atoms with Crippen molar-refractivity contribution in [2.24, 2.45) is 5.41 Å². The molecule has 18 heavy (non-hydrogen) atoms. The van der Waals surface area contributed by atoms with Crippen LogP contribution in [0.3, 0.4) is 0 Å². The maximum absolute atomic E-state index is 3.74. The van der Waals surface area contributed by atoms with Crippen LogP contribution in [0.15, 0.2) is 24.3 Å². The summed E-state index contributed by atoms with van der Waals surface area (Å²) < 4.78 is 0. The summed E-state index contributed by atoms with van der Waals surface area (Å²) in [6.07, 6.45) is 5.27. The van der Waals surface area contributed by atoms with Crippen LogP contribution in [0.25, 0.3) is 0 Å². The number of hydrogen-bond donors (Lipinski definition) is 1. The molecule has 1 saturated carbocycles. The third-order valence-electron chi connectivity index (χ3n) is 3.95. The van der Waals surface area contributed by atoms with E-state index in [1.807, 2.05) is 0 Å². The van der Waals surface area contributed by atoms with Crippen LogP contribution in [0.4, 0.5) is 11.4 Å². The molecule has 1 atom stereocenters. The van der Waals surface area contributed by atoms with Gasteiger partial charge in [-0.2, -0.15) is 0 Å². The van der Waals surface area contributed by atoms with Gasteiger partial charge in [0.25, 0.3) is 0 Å². The highest BCUT2D eigenvalue weighted by Crippen LogP contribution is 2.37. The minimum atomic E-state index is 0.489. The van der Waals surface area contributed by atoms with Crippen LogP contribution in [0.1, 0.15) is 39.5 Å². The third kappa shape index (κ3) is 3.18. The molecule has 1 aliphatic rings. The van der Waals surface area contributed by atoms with Gasteiger partial charge in [0.05, 0.1) is 11.4 Å². The fourth-order valence-electron chi connectivity index (χ4n) is 3.03. The van der Waals surface area contributed by atoms with E-state index < -0.39 is 0 Å². The molecule has 2 heteroatoms. The van der Waals surface area contributed by atoms with Gasteiger partial charge in [-0.25, -0.2) is 0 Å². The molecule has 2 nitrogen and oxygen atoms in total. The standard InChI is InChI=1S/C16H26N2/c1-16(2)11-7-8-13(12-16)17-14-9-5-6-10-15(14)18(3)4/h5-6,9-10,13,17H,7-8,11-12H2,1-4H3. The SMILES string of the molecule is CN(C)c1ccccc1NC1CCCC(C)(C)C1. The van der Waals surface area contributed by atoms with Crippen molar-refractivity contribution in [1.29, 1.82) is 0 Å². The molecule has 0 amide bonds. The Hall–Kier alpha value is -1.18. The molecule has 0 aromatic heterocycles. The molecular weight excluding hydrogens is 220 g/mol. The number of nitrogens with zero attached hydrogens (tertiary/aromatic N) is 1. The molecule has 0 aliphatic heterocycles. The molecular formula is C16H26N2. The molecule has 100 valence electrons. The summed E-state index contributed by atoms with van der Waals surface area (Å²) >= 11 is 0. The Balaban J connectivity index is 2.09. The predicted molar refractivity (Wildman–Crippen MR) is 80.4 cm³/mol. The first-order valence-corrected chi connectivity index (χ1v) is 7.01. The molecule has 1 fully saturated rings. The zero-order valence-corrected chi connectivity index (χ0v) is 12.2. The first-order valence-electron chi connectivity index (χ1n) is 7.01. The van der Waals surface area contributed by atoms with Gasteiger partial charge in [0.1, 0.15) is 0 Å². The lowest BCUT2D eigenvalue weighted by atomic mass is 9.75. The van der Waals surface area contributed by atoms with Crippen LogP contribution in [0.5, 0.6) is 0 Å². The second kappa shape index (κ2) is 5.21. The van der Waals surface area contributed by atoms with E-state index in [0.29, 0.717) is 11.5 Å². The van der Waals surface area contributed by atoms with Crippen molar-refractivity contribution in [2.45, 2.75) is 45.6 Å². The second-order valence-electron chi connectivity index (χ2n) is 6.51. The highest BCUT2D eigenvalue weighted by Gasteiger charge is 2.28. The molecule has 1 unspecified atom stereocenters. The average molecular weight is 246 g/mol. The fourth-order valence-corrected chi connectivity index (χ4v) is 3.03. The molecule has 2 rings (SSSR count). The molecule has 1 aliphatic carbocycles. The van der Waals surface area contributed by atoms with Gasteiger partial charge in [-0.05, 0) is 36.8 Å². The average Bonchev–Trinajstić information content (AvgIpc) is 2.28. The van der Waals surface area contributed by atoms with Crippen molar-refractivity contribution in [3.8, 4) is 0 Å². The number of anilines is 2. The van der Waals surface area contributed by atoms with Gasteiger partial charge < -0.3 is 10.2 Å². The highest BCUT2D eigenvalue weighted by atomic mass is 15.1. The summed E-state index contributed by atoms with van der Waals surface area (Å²) in [5.41, 5.74) is 3.04. The molecule has 1 aromatic carbocycles. The van der Waals surface area contributed by atoms with Crippen molar-refractivity contribution in [3.05, 3.63) is 24.3 Å². The van der Waals surface area contributed by atoms with Gasteiger partial charge in [-0.3, -0.25) is 0 Å². The van der Waals surface area contributed by atoms with E-state index in [4.69, 9.17) is 0 Å². The summed E-state index contributed by atoms with van der Waals surface area (Å²) in [4.78, 5) is 2.18. The van der Waals surface area contributed by atoms with Crippen molar-refractivity contribution < 1.29 is 0 Å². The number of rotatable bonds is 3. The summed E-state index contributed by atoms with van der Waals surface area (Å²) in [5, 5.41) is 3.74. The fraction of sp³-hybridized carbons (Fsp3) is 0.625. The van der Waals surface area contributed by atoms with Crippen molar-refractivity contribution in [1.82, 2.24) is 0 Å². The first kappa shape index (κ1) is 13.3. The normalized spacial score (nSPS) is 22.6. The zero-order chi connectivity index (χ0) is 13.2. The van der Waals surface area contributed by atoms with Crippen molar-refractivity contribution in [3.63, 3.8) is 0 Å². The Kier molecular flexibility index (Phi) is 3.84. The van der Waals surface area contributed by atoms with E-state index in [2.05, 4.69) is 62.4 Å². The molecule has 0 spiro atoms. The van der Waals surface area contributed by atoms with Crippen molar-refractivity contribution in [2.75, 3.05) is 24.3 Å².